The van der Waals surface area contributed by atoms with E-state index in [1.807, 2.05) is 11.8 Å². The molecular formula is C9H21NOS. The van der Waals surface area contributed by atoms with Crippen LogP contribution in [0.25, 0.3) is 0 Å². The molecule has 0 saturated heterocycles. The third-order valence-electron chi connectivity index (χ3n) is 1.45. The number of likely N-dealkylation sites (N-methyl/N-ethyl adjacent to an activating group) is 1. The first-order valence-electron chi connectivity index (χ1n) is 4.78. The van der Waals surface area contributed by atoms with Gasteiger partial charge >= 0.3 is 0 Å². The van der Waals surface area contributed by atoms with Gasteiger partial charge < -0.3 is 10.1 Å². The van der Waals surface area contributed by atoms with Gasteiger partial charge in [-0.3, -0.25) is 0 Å². The molecule has 74 valence electrons. The minimum Gasteiger partial charge on any atom is -0.380 e. The molecule has 0 bridgehead atoms. The normalized spacial score (nSPS) is 10.5. The summed E-state index contributed by atoms with van der Waals surface area (Å²) in [6.07, 6.45) is 1.19. The van der Waals surface area contributed by atoms with Crippen molar-refractivity contribution in [3.05, 3.63) is 0 Å². The molecule has 0 rings (SSSR count). The SMILES string of the molecule is CCNCCOCCCSCC. The van der Waals surface area contributed by atoms with E-state index in [-0.39, 0.29) is 0 Å². The van der Waals surface area contributed by atoms with E-state index >= 15 is 0 Å². The fourth-order valence-corrected chi connectivity index (χ4v) is 1.44. The zero-order valence-corrected chi connectivity index (χ0v) is 9.08. The van der Waals surface area contributed by atoms with E-state index in [4.69, 9.17) is 4.74 Å². The number of hydrogen-bond acceptors (Lipinski definition) is 3. The second-order valence-corrected chi connectivity index (χ2v) is 3.91. The predicted octanol–water partition coefficient (Wildman–Crippen LogP) is 1.76. The molecule has 0 aliphatic heterocycles. The molecule has 2 nitrogen and oxygen atoms in total. The van der Waals surface area contributed by atoms with Gasteiger partial charge in [-0.1, -0.05) is 13.8 Å². The van der Waals surface area contributed by atoms with Crippen molar-refractivity contribution >= 4 is 11.8 Å². The Kier molecular flexibility index (Phi) is 11.5. The highest BCUT2D eigenvalue weighted by atomic mass is 32.2. The van der Waals surface area contributed by atoms with Crippen LogP contribution in [0.5, 0.6) is 0 Å². The van der Waals surface area contributed by atoms with Crippen LogP contribution in [0, 0.1) is 0 Å². The molecular weight excluding hydrogens is 170 g/mol. The van der Waals surface area contributed by atoms with E-state index < -0.39 is 0 Å². The van der Waals surface area contributed by atoms with Crippen molar-refractivity contribution in [1.82, 2.24) is 5.32 Å². The Bertz CT molecular complexity index is 70.9. The molecule has 3 heteroatoms. The molecule has 0 fully saturated rings. The Balaban J connectivity index is 2.73. The molecule has 0 aromatic heterocycles. The van der Waals surface area contributed by atoms with Crippen molar-refractivity contribution in [3.8, 4) is 0 Å². The summed E-state index contributed by atoms with van der Waals surface area (Å²) in [5, 5.41) is 3.22. The van der Waals surface area contributed by atoms with E-state index in [0.29, 0.717) is 0 Å². The number of nitrogens with one attached hydrogen (secondary N) is 1. The quantitative estimate of drug-likeness (QED) is 0.561. The fourth-order valence-electron chi connectivity index (χ4n) is 0.831. The van der Waals surface area contributed by atoms with Gasteiger partial charge in [-0.2, -0.15) is 11.8 Å². The Morgan fingerprint density at radius 2 is 2.08 bits per heavy atom. The number of ether oxygens (including phenoxy) is 1. The summed E-state index contributed by atoms with van der Waals surface area (Å²) >= 11 is 1.98. The van der Waals surface area contributed by atoms with Gasteiger partial charge in [0.25, 0.3) is 0 Å². The Labute approximate surface area is 80.4 Å². The Morgan fingerprint density at radius 3 is 2.75 bits per heavy atom. The third kappa shape index (κ3) is 10.3. The molecule has 0 heterocycles. The lowest BCUT2D eigenvalue weighted by molar-refractivity contribution is 0.137. The van der Waals surface area contributed by atoms with E-state index in [0.717, 1.165) is 26.3 Å². The van der Waals surface area contributed by atoms with Crippen LogP contribution in [-0.4, -0.2) is 37.8 Å². The molecule has 0 aliphatic rings. The monoisotopic (exact) mass is 191 g/mol. The summed E-state index contributed by atoms with van der Waals surface area (Å²) in [7, 11) is 0. The predicted molar refractivity (Wildman–Crippen MR) is 57.0 cm³/mol. The molecule has 0 saturated carbocycles. The second-order valence-electron chi connectivity index (χ2n) is 2.52. The largest absolute Gasteiger partial charge is 0.380 e. The van der Waals surface area contributed by atoms with Crippen LogP contribution < -0.4 is 5.32 Å². The minimum absolute atomic E-state index is 0.852. The highest BCUT2D eigenvalue weighted by molar-refractivity contribution is 7.99. The number of rotatable bonds is 9. The molecule has 0 aliphatic carbocycles. The first-order valence-corrected chi connectivity index (χ1v) is 5.93. The van der Waals surface area contributed by atoms with Gasteiger partial charge in [0, 0.05) is 13.2 Å². The second kappa shape index (κ2) is 11.3. The molecule has 12 heavy (non-hydrogen) atoms. The summed E-state index contributed by atoms with van der Waals surface area (Å²) in [4.78, 5) is 0. The smallest absolute Gasteiger partial charge is 0.0590 e. The number of thioether (sulfide) groups is 1. The molecule has 0 radical (unpaired) electrons. The van der Waals surface area contributed by atoms with E-state index in [9.17, 15) is 0 Å². The maximum Gasteiger partial charge on any atom is 0.0590 e. The highest BCUT2D eigenvalue weighted by Crippen LogP contribution is 2.00. The van der Waals surface area contributed by atoms with Crippen LogP contribution in [0.2, 0.25) is 0 Å². The highest BCUT2D eigenvalue weighted by Gasteiger charge is 1.88. The third-order valence-corrected chi connectivity index (χ3v) is 2.44. The van der Waals surface area contributed by atoms with Crippen LogP contribution in [0.4, 0.5) is 0 Å². The van der Waals surface area contributed by atoms with E-state index in [1.54, 1.807) is 0 Å². The standard InChI is InChI=1S/C9H21NOS/c1-3-10-6-8-11-7-5-9-12-4-2/h10H,3-9H2,1-2H3. The van der Waals surface area contributed by atoms with Gasteiger partial charge in [-0.25, -0.2) is 0 Å². The lowest BCUT2D eigenvalue weighted by Crippen LogP contribution is -2.19. The van der Waals surface area contributed by atoms with Gasteiger partial charge in [0.2, 0.25) is 0 Å². The van der Waals surface area contributed by atoms with Crippen molar-refractivity contribution in [1.29, 1.82) is 0 Å². The zero-order chi connectivity index (χ0) is 9.07. The van der Waals surface area contributed by atoms with Gasteiger partial charge in [-0.15, -0.1) is 0 Å². The molecule has 0 amide bonds. The van der Waals surface area contributed by atoms with Gasteiger partial charge in [0.05, 0.1) is 6.61 Å². The van der Waals surface area contributed by atoms with Crippen molar-refractivity contribution < 1.29 is 4.74 Å². The van der Waals surface area contributed by atoms with Crippen molar-refractivity contribution in [3.63, 3.8) is 0 Å². The maximum atomic E-state index is 5.41. The summed E-state index contributed by atoms with van der Waals surface area (Å²) in [5.74, 6) is 2.45. The summed E-state index contributed by atoms with van der Waals surface area (Å²) in [5.41, 5.74) is 0. The molecule has 0 unspecified atom stereocenters. The average molecular weight is 191 g/mol. The first kappa shape index (κ1) is 12.3. The average Bonchev–Trinajstić information content (AvgIpc) is 2.10. The minimum atomic E-state index is 0.852. The van der Waals surface area contributed by atoms with E-state index in [1.165, 1.54) is 17.9 Å². The van der Waals surface area contributed by atoms with Crippen LogP contribution in [-0.2, 0) is 4.74 Å². The lowest BCUT2D eigenvalue weighted by atomic mass is 10.5. The number of hydrogen-bond donors (Lipinski definition) is 1. The first-order chi connectivity index (χ1) is 5.91. The zero-order valence-electron chi connectivity index (χ0n) is 8.27. The fraction of sp³-hybridized carbons (Fsp3) is 1.00. The van der Waals surface area contributed by atoms with Gasteiger partial charge in [0.15, 0.2) is 0 Å². The Morgan fingerprint density at radius 1 is 1.25 bits per heavy atom. The lowest BCUT2D eigenvalue weighted by Gasteiger charge is -2.03. The summed E-state index contributed by atoms with van der Waals surface area (Å²) in [6, 6.07) is 0. The summed E-state index contributed by atoms with van der Waals surface area (Å²) < 4.78 is 5.41. The van der Waals surface area contributed by atoms with Crippen LogP contribution in [0.1, 0.15) is 20.3 Å². The van der Waals surface area contributed by atoms with Crippen molar-refractivity contribution in [2.45, 2.75) is 20.3 Å². The van der Waals surface area contributed by atoms with Crippen molar-refractivity contribution in [2.24, 2.45) is 0 Å². The topological polar surface area (TPSA) is 21.3 Å². The molecule has 0 aromatic carbocycles. The molecule has 0 aromatic rings. The van der Waals surface area contributed by atoms with Crippen molar-refractivity contribution in [2.75, 3.05) is 37.8 Å². The van der Waals surface area contributed by atoms with Crippen LogP contribution in [0.15, 0.2) is 0 Å². The van der Waals surface area contributed by atoms with E-state index in [2.05, 4.69) is 19.2 Å². The summed E-state index contributed by atoms with van der Waals surface area (Å²) in [6.45, 7) is 8.09. The van der Waals surface area contributed by atoms with Crippen LogP contribution in [0.3, 0.4) is 0 Å². The van der Waals surface area contributed by atoms with Crippen LogP contribution >= 0.6 is 11.8 Å². The maximum absolute atomic E-state index is 5.41. The molecule has 0 spiro atoms. The Hall–Kier alpha value is 0.270. The van der Waals surface area contributed by atoms with Gasteiger partial charge in [0.1, 0.15) is 0 Å². The van der Waals surface area contributed by atoms with Gasteiger partial charge in [-0.05, 0) is 24.5 Å². The molecule has 0 atom stereocenters. The molecule has 1 N–H and O–H groups in total.